The number of aliphatic hydroxyl groups is 1. The van der Waals surface area contributed by atoms with Gasteiger partial charge in [0.2, 0.25) is 0 Å². The first-order valence-corrected chi connectivity index (χ1v) is 14.0. The van der Waals surface area contributed by atoms with E-state index in [1.54, 1.807) is 0 Å². The quantitative estimate of drug-likeness (QED) is 0.269. The van der Waals surface area contributed by atoms with E-state index in [2.05, 4.69) is 72.6 Å². The molecule has 2 atom stereocenters. The van der Waals surface area contributed by atoms with Crippen LogP contribution in [0.4, 0.5) is 0 Å². The zero-order valence-corrected chi connectivity index (χ0v) is 21.5. The standard InChI is InChI=1S/C33H43NO/c1-2-3-23-33(35,30-19-8-5-9-20-30)31-21-12-15-27(25-31)14-10-11-22-32(28-16-6-4-7-17-28)29-18-13-24-34-26-29/h4,6-7,12-13,15-18,21,24-26,30,32,35H,2-3,5,8-11,14,19-20,22-23H2,1H3. The van der Waals surface area contributed by atoms with Gasteiger partial charge in [-0.05, 0) is 72.8 Å². The van der Waals surface area contributed by atoms with Gasteiger partial charge in [0.15, 0.2) is 0 Å². The highest BCUT2D eigenvalue weighted by molar-refractivity contribution is 5.31. The van der Waals surface area contributed by atoms with E-state index in [9.17, 15) is 5.11 Å². The molecule has 0 bridgehead atoms. The molecule has 1 saturated carbocycles. The molecule has 1 aliphatic rings. The Morgan fingerprint density at radius 3 is 2.43 bits per heavy atom. The third-order valence-electron chi connectivity index (χ3n) is 8.12. The van der Waals surface area contributed by atoms with Crippen LogP contribution < -0.4 is 0 Å². The minimum absolute atomic E-state index is 0.390. The van der Waals surface area contributed by atoms with E-state index >= 15 is 0 Å². The Labute approximate surface area is 212 Å². The summed E-state index contributed by atoms with van der Waals surface area (Å²) in [5, 5.41) is 12.0. The number of benzene rings is 2. The van der Waals surface area contributed by atoms with Crippen molar-refractivity contribution in [2.75, 3.05) is 0 Å². The lowest BCUT2D eigenvalue weighted by Gasteiger charge is -2.39. The van der Waals surface area contributed by atoms with Crippen LogP contribution in [0.2, 0.25) is 0 Å². The average Bonchev–Trinajstić information content (AvgIpc) is 2.93. The summed E-state index contributed by atoms with van der Waals surface area (Å²) in [5.74, 6) is 0.797. The first-order valence-electron chi connectivity index (χ1n) is 14.0. The van der Waals surface area contributed by atoms with Crippen molar-refractivity contribution < 1.29 is 5.11 Å². The van der Waals surface area contributed by atoms with Crippen molar-refractivity contribution in [3.8, 4) is 0 Å². The van der Waals surface area contributed by atoms with Crippen LogP contribution in [0, 0.1) is 5.92 Å². The molecule has 2 unspecified atom stereocenters. The fourth-order valence-corrected chi connectivity index (χ4v) is 6.08. The summed E-state index contributed by atoms with van der Waals surface area (Å²) in [7, 11) is 0. The Balaban J connectivity index is 1.41. The Bertz CT molecular complexity index is 956. The molecule has 0 amide bonds. The monoisotopic (exact) mass is 469 g/mol. The lowest BCUT2D eigenvalue weighted by Crippen LogP contribution is -2.36. The van der Waals surface area contributed by atoms with Gasteiger partial charge in [-0.1, -0.05) is 106 Å². The van der Waals surface area contributed by atoms with Crippen molar-refractivity contribution in [3.63, 3.8) is 0 Å². The maximum Gasteiger partial charge on any atom is 0.0924 e. The van der Waals surface area contributed by atoms with E-state index in [0.29, 0.717) is 11.8 Å². The molecule has 35 heavy (non-hydrogen) atoms. The van der Waals surface area contributed by atoms with Crippen LogP contribution in [0.15, 0.2) is 79.1 Å². The number of unbranched alkanes of at least 4 members (excludes halogenated alkanes) is 2. The minimum Gasteiger partial charge on any atom is -0.385 e. The average molecular weight is 470 g/mol. The zero-order chi connectivity index (χ0) is 24.3. The molecule has 1 N–H and O–H groups in total. The van der Waals surface area contributed by atoms with Gasteiger partial charge in [0.05, 0.1) is 5.60 Å². The molecule has 1 aliphatic carbocycles. The molecule has 0 aliphatic heterocycles. The van der Waals surface area contributed by atoms with Crippen LogP contribution in [-0.2, 0) is 12.0 Å². The minimum atomic E-state index is -0.662. The van der Waals surface area contributed by atoms with Crippen LogP contribution in [0.1, 0.15) is 106 Å². The molecule has 2 heteroatoms. The predicted molar refractivity (Wildman–Crippen MR) is 147 cm³/mol. The van der Waals surface area contributed by atoms with Gasteiger partial charge in [-0.25, -0.2) is 0 Å². The van der Waals surface area contributed by atoms with E-state index in [1.807, 2.05) is 18.5 Å². The maximum atomic E-state index is 12.0. The topological polar surface area (TPSA) is 33.1 Å². The van der Waals surface area contributed by atoms with Gasteiger partial charge in [-0.2, -0.15) is 0 Å². The molecule has 0 spiro atoms. The van der Waals surface area contributed by atoms with Crippen molar-refractivity contribution in [2.24, 2.45) is 5.92 Å². The summed E-state index contributed by atoms with van der Waals surface area (Å²) in [6.07, 6.45) is 17.7. The SMILES string of the molecule is CCCCC(O)(c1cccc(CCCCC(c2ccccc2)c2cccnc2)c1)C1CCCCC1. The molecule has 1 fully saturated rings. The molecular formula is C33H43NO. The lowest BCUT2D eigenvalue weighted by atomic mass is 9.71. The Hall–Kier alpha value is -2.45. The second-order valence-corrected chi connectivity index (χ2v) is 10.6. The molecule has 2 aromatic carbocycles. The molecule has 4 rings (SSSR count). The number of aromatic nitrogens is 1. The lowest BCUT2D eigenvalue weighted by molar-refractivity contribution is -0.0477. The summed E-state index contributed by atoms with van der Waals surface area (Å²) in [5.41, 5.74) is 4.54. The van der Waals surface area contributed by atoms with Gasteiger partial charge in [0, 0.05) is 18.3 Å². The van der Waals surface area contributed by atoms with Gasteiger partial charge in [0.25, 0.3) is 0 Å². The third-order valence-corrected chi connectivity index (χ3v) is 8.12. The highest BCUT2D eigenvalue weighted by atomic mass is 16.3. The molecule has 0 saturated heterocycles. The highest BCUT2D eigenvalue weighted by Crippen LogP contribution is 2.43. The Morgan fingerprint density at radius 2 is 1.69 bits per heavy atom. The van der Waals surface area contributed by atoms with Crippen LogP contribution >= 0.6 is 0 Å². The zero-order valence-electron chi connectivity index (χ0n) is 21.5. The van der Waals surface area contributed by atoms with Crippen molar-refractivity contribution >= 4 is 0 Å². The van der Waals surface area contributed by atoms with Gasteiger partial charge >= 0.3 is 0 Å². The summed E-state index contributed by atoms with van der Waals surface area (Å²) in [6, 6.07) is 24.0. The Kier molecular flexibility index (Phi) is 9.54. The van der Waals surface area contributed by atoms with Crippen molar-refractivity contribution in [2.45, 2.75) is 95.5 Å². The van der Waals surface area contributed by atoms with E-state index in [-0.39, 0.29) is 0 Å². The first-order chi connectivity index (χ1) is 17.2. The summed E-state index contributed by atoms with van der Waals surface area (Å²) in [4.78, 5) is 4.38. The van der Waals surface area contributed by atoms with Crippen molar-refractivity contribution in [1.29, 1.82) is 0 Å². The molecule has 0 radical (unpaired) electrons. The fraction of sp³-hybridized carbons (Fsp3) is 0.485. The van der Waals surface area contributed by atoms with Gasteiger partial charge in [-0.3, -0.25) is 4.98 Å². The summed E-state index contributed by atoms with van der Waals surface area (Å²) in [6.45, 7) is 2.23. The molecular weight excluding hydrogens is 426 g/mol. The fourth-order valence-electron chi connectivity index (χ4n) is 6.08. The van der Waals surface area contributed by atoms with Crippen LogP contribution in [0.5, 0.6) is 0 Å². The number of rotatable bonds is 12. The molecule has 1 aromatic heterocycles. The van der Waals surface area contributed by atoms with Crippen LogP contribution in [-0.4, -0.2) is 10.1 Å². The third kappa shape index (κ3) is 6.82. The molecule has 2 nitrogen and oxygen atoms in total. The normalized spacial score (nSPS) is 17.1. The van der Waals surface area contributed by atoms with E-state index in [0.717, 1.165) is 44.1 Å². The summed E-state index contributed by atoms with van der Waals surface area (Å²) >= 11 is 0. The van der Waals surface area contributed by atoms with E-state index < -0.39 is 5.60 Å². The second-order valence-electron chi connectivity index (χ2n) is 10.6. The number of hydrogen-bond donors (Lipinski definition) is 1. The molecule has 186 valence electrons. The van der Waals surface area contributed by atoms with E-state index in [4.69, 9.17) is 0 Å². The molecule has 3 aromatic rings. The number of nitrogens with zero attached hydrogens (tertiary/aromatic N) is 1. The smallest absolute Gasteiger partial charge is 0.0924 e. The van der Waals surface area contributed by atoms with Gasteiger partial charge in [0.1, 0.15) is 0 Å². The molecule has 1 heterocycles. The van der Waals surface area contributed by atoms with E-state index in [1.165, 1.54) is 55.2 Å². The van der Waals surface area contributed by atoms with Crippen molar-refractivity contribution in [3.05, 3.63) is 101 Å². The van der Waals surface area contributed by atoms with Crippen molar-refractivity contribution in [1.82, 2.24) is 4.98 Å². The Morgan fingerprint density at radius 1 is 0.886 bits per heavy atom. The maximum absolute atomic E-state index is 12.0. The predicted octanol–water partition coefficient (Wildman–Crippen LogP) is 8.58. The largest absolute Gasteiger partial charge is 0.385 e. The number of aryl methyl sites for hydroxylation is 1. The summed E-state index contributed by atoms with van der Waals surface area (Å²) < 4.78 is 0. The van der Waals surface area contributed by atoms with Gasteiger partial charge < -0.3 is 5.11 Å². The first kappa shape index (κ1) is 25.6. The highest BCUT2D eigenvalue weighted by Gasteiger charge is 2.38. The number of hydrogen-bond acceptors (Lipinski definition) is 2. The van der Waals surface area contributed by atoms with Gasteiger partial charge in [-0.15, -0.1) is 0 Å². The van der Waals surface area contributed by atoms with Crippen LogP contribution in [0.3, 0.4) is 0 Å². The second kappa shape index (κ2) is 13.0. The van der Waals surface area contributed by atoms with Crippen LogP contribution in [0.25, 0.3) is 0 Å². The number of pyridine rings is 1.